The maximum atomic E-state index is 12.7. The predicted molar refractivity (Wildman–Crippen MR) is 89.0 cm³/mol. The van der Waals surface area contributed by atoms with Crippen molar-refractivity contribution in [2.24, 2.45) is 4.99 Å². The summed E-state index contributed by atoms with van der Waals surface area (Å²) in [4.78, 5) is 28.9. The van der Waals surface area contributed by atoms with Crippen LogP contribution in [0.5, 0.6) is 5.75 Å². The van der Waals surface area contributed by atoms with E-state index in [1.54, 1.807) is 23.2 Å². The van der Waals surface area contributed by atoms with Crippen LogP contribution in [0, 0.1) is 0 Å². The number of nitrogens with zero attached hydrogens (tertiary/aromatic N) is 2. The predicted octanol–water partition coefficient (Wildman–Crippen LogP) is 0.950. The maximum absolute atomic E-state index is 12.7. The van der Waals surface area contributed by atoms with Gasteiger partial charge in [-0.3, -0.25) is 20.3 Å². The van der Waals surface area contributed by atoms with E-state index in [9.17, 15) is 9.59 Å². The molecule has 1 fully saturated rings. The standard InChI is InChI=1S/C16H19N5O3/c1-9(2)14-19-16-18-13(22)8-11(21(16)20-14)15(23)17-10-6-4-5-7-12(10)24-3/h4-7,11,20H,8H2,1-3H3,(H,17,23)(H,18,19,22)/t11-/m1/s1. The van der Waals surface area contributed by atoms with Crippen LogP contribution >= 0.6 is 0 Å². The average Bonchev–Trinajstić information content (AvgIpc) is 2.98. The van der Waals surface area contributed by atoms with Crippen LogP contribution in [-0.2, 0) is 9.59 Å². The second kappa shape index (κ2) is 6.23. The zero-order valence-electron chi connectivity index (χ0n) is 13.7. The number of para-hydroxylation sites is 2. The Morgan fingerprint density at radius 1 is 1.38 bits per heavy atom. The number of hydrazine groups is 1. The summed E-state index contributed by atoms with van der Waals surface area (Å²) >= 11 is 0. The van der Waals surface area contributed by atoms with Crippen LogP contribution in [0.25, 0.3) is 0 Å². The molecule has 3 N–H and O–H groups in total. The summed E-state index contributed by atoms with van der Waals surface area (Å²) < 4.78 is 5.24. The molecule has 1 aromatic rings. The lowest BCUT2D eigenvalue weighted by atomic mass is 10.1. The summed E-state index contributed by atoms with van der Waals surface area (Å²) in [5.74, 6) is 0.954. The first-order chi connectivity index (χ1) is 11.5. The number of carbonyl (C=O) groups is 2. The minimum absolute atomic E-state index is 0.0308. The molecule has 0 aliphatic carbocycles. The Kier molecular flexibility index (Phi) is 4.11. The molecule has 3 rings (SSSR count). The Bertz CT molecular complexity index is 752. The molecular weight excluding hydrogens is 310 g/mol. The van der Waals surface area contributed by atoms with E-state index in [-0.39, 0.29) is 18.2 Å². The summed E-state index contributed by atoms with van der Waals surface area (Å²) in [7, 11) is 1.53. The number of amides is 2. The van der Waals surface area contributed by atoms with Gasteiger partial charge in [0.25, 0.3) is 0 Å². The fourth-order valence-electron chi connectivity index (χ4n) is 2.51. The number of ether oxygens (including phenoxy) is 1. The Morgan fingerprint density at radius 3 is 2.83 bits per heavy atom. The number of anilines is 1. The van der Waals surface area contributed by atoms with E-state index in [4.69, 9.17) is 4.74 Å². The van der Waals surface area contributed by atoms with Crippen molar-refractivity contribution < 1.29 is 14.3 Å². The number of aliphatic imine (C=N–C) groups is 1. The molecule has 0 bridgehead atoms. The highest BCUT2D eigenvalue weighted by Gasteiger charge is 2.39. The first-order valence-corrected chi connectivity index (χ1v) is 7.55. The molecular formula is C16H19N5O3. The van der Waals surface area contributed by atoms with E-state index in [0.717, 1.165) is 5.57 Å². The van der Waals surface area contributed by atoms with Gasteiger partial charge in [0.15, 0.2) is 0 Å². The molecule has 1 saturated heterocycles. The number of benzene rings is 1. The van der Waals surface area contributed by atoms with E-state index >= 15 is 0 Å². The first-order valence-electron chi connectivity index (χ1n) is 7.55. The highest BCUT2D eigenvalue weighted by Crippen LogP contribution is 2.25. The normalized spacial score (nSPS) is 19.0. The lowest BCUT2D eigenvalue weighted by molar-refractivity contribution is -0.129. The molecule has 8 nitrogen and oxygen atoms in total. The molecule has 2 heterocycles. The highest BCUT2D eigenvalue weighted by atomic mass is 16.5. The van der Waals surface area contributed by atoms with Crippen molar-refractivity contribution in [2.45, 2.75) is 26.3 Å². The SMILES string of the molecule is COc1ccccc1NC(=O)[C@H]1CC(=O)NC2=NC(=C(C)C)NN21. The van der Waals surface area contributed by atoms with Crippen LogP contribution in [0.15, 0.2) is 40.7 Å². The van der Waals surface area contributed by atoms with Crippen LogP contribution in [-0.4, -0.2) is 35.9 Å². The van der Waals surface area contributed by atoms with Crippen molar-refractivity contribution >= 4 is 23.5 Å². The Hall–Kier alpha value is -3.03. The fourth-order valence-corrected chi connectivity index (χ4v) is 2.51. The molecule has 0 spiro atoms. The molecule has 24 heavy (non-hydrogen) atoms. The third-order valence-corrected chi connectivity index (χ3v) is 3.75. The Morgan fingerprint density at radius 2 is 2.12 bits per heavy atom. The maximum Gasteiger partial charge on any atom is 0.249 e. The molecule has 2 amide bonds. The monoisotopic (exact) mass is 329 g/mol. The van der Waals surface area contributed by atoms with Crippen LogP contribution < -0.4 is 20.8 Å². The topological polar surface area (TPSA) is 95.1 Å². The van der Waals surface area contributed by atoms with Gasteiger partial charge in [0, 0.05) is 0 Å². The van der Waals surface area contributed by atoms with E-state index in [0.29, 0.717) is 23.2 Å². The number of fused-ring (bicyclic) bond motifs is 1. The van der Waals surface area contributed by atoms with Crippen molar-refractivity contribution in [3.05, 3.63) is 35.7 Å². The molecule has 0 unspecified atom stereocenters. The van der Waals surface area contributed by atoms with Gasteiger partial charge in [0.1, 0.15) is 17.6 Å². The second-order valence-electron chi connectivity index (χ2n) is 5.72. The van der Waals surface area contributed by atoms with Crippen molar-refractivity contribution in [1.82, 2.24) is 15.8 Å². The average molecular weight is 329 g/mol. The quantitative estimate of drug-likeness (QED) is 0.767. The molecule has 1 aromatic carbocycles. The number of carbonyl (C=O) groups excluding carboxylic acids is 2. The molecule has 2 aliphatic heterocycles. The molecule has 0 saturated carbocycles. The number of hydrogen-bond acceptors (Lipinski definition) is 6. The highest BCUT2D eigenvalue weighted by molar-refractivity contribution is 6.08. The third kappa shape index (κ3) is 2.90. The molecule has 1 atom stereocenters. The summed E-state index contributed by atoms with van der Waals surface area (Å²) in [6.45, 7) is 3.80. The van der Waals surface area contributed by atoms with Gasteiger partial charge in [0.05, 0.1) is 19.2 Å². The lowest BCUT2D eigenvalue weighted by Crippen LogP contribution is -2.61. The smallest absolute Gasteiger partial charge is 0.249 e. The van der Waals surface area contributed by atoms with Crippen molar-refractivity contribution in [1.29, 1.82) is 0 Å². The van der Waals surface area contributed by atoms with Crippen molar-refractivity contribution in [3.8, 4) is 5.75 Å². The molecule has 0 radical (unpaired) electrons. The summed E-state index contributed by atoms with van der Waals surface area (Å²) in [6, 6.07) is 6.41. The van der Waals surface area contributed by atoms with Gasteiger partial charge in [-0.2, -0.15) is 4.99 Å². The minimum atomic E-state index is -0.709. The number of allylic oxidation sites excluding steroid dienone is 1. The van der Waals surface area contributed by atoms with Gasteiger partial charge in [-0.1, -0.05) is 12.1 Å². The molecule has 126 valence electrons. The van der Waals surface area contributed by atoms with Gasteiger partial charge < -0.3 is 10.1 Å². The lowest BCUT2D eigenvalue weighted by Gasteiger charge is -2.32. The molecule has 2 aliphatic rings. The molecule has 8 heteroatoms. The Labute approximate surface area is 139 Å². The third-order valence-electron chi connectivity index (χ3n) is 3.75. The Balaban J connectivity index is 1.83. The fraction of sp³-hybridized carbons (Fsp3) is 0.312. The number of methoxy groups -OCH3 is 1. The van der Waals surface area contributed by atoms with Gasteiger partial charge in [-0.25, -0.2) is 5.01 Å². The van der Waals surface area contributed by atoms with Gasteiger partial charge in [-0.15, -0.1) is 0 Å². The largest absolute Gasteiger partial charge is 0.495 e. The minimum Gasteiger partial charge on any atom is -0.495 e. The molecule has 0 aromatic heterocycles. The zero-order valence-corrected chi connectivity index (χ0v) is 13.7. The van der Waals surface area contributed by atoms with Crippen LogP contribution in [0.4, 0.5) is 5.69 Å². The van der Waals surface area contributed by atoms with Gasteiger partial charge >= 0.3 is 0 Å². The van der Waals surface area contributed by atoms with E-state index in [2.05, 4.69) is 21.1 Å². The number of guanidine groups is 1. The van der Waals surface area contributed by atoms with E-state index < -0.39 is 6.04 Å². The number of nitrogens with one attached hydrogen (secondary N) is 3. The summed E-state index contributed by atoms with van der Waals surface area (Å²) in [5.41, 5.74) is 4.57. The van der Waals surface area contributed by atoms with Crippen LogP contribution in [0.1, 0.15) is 20.3 Å². The van der Waals surface area contributed by atoms with Crippen LogP contribution in [0.2, 0.25) is 0 Å². The number of rotatable bonds is 3. The van der Waals surface area contributed by atoms with Gasteiger partial charge in [-0.05, 0) is 31.6 Å². The van der Waals surface area contributed by atoms with Gasteiger partial charge in [0.2, 0.25) is 17.8 Å². The zero-order chi connectivity index (χ0) is 17.3. The van der Waals surface area contributed by atoms with Crippen molar-refractivity contribution in [3.63, 3.8) is 0 Å². The van der Waals surface area contributed by atoms with E-state index in [1.807, 2.05) is 19.9 Å². The second-order valence-corrected chi connectivity index (χ2v) is 5.72. The first kappa shape index (κ1) is 15.9. The number of hydrogen-bond donors (Lipinski definition) is 3. The summed E-state index contributed by atoms with van der Waals surface area (Å²) in [5, 5.41) is 7.06. The summed E-state index contributed by atoms with van der Waals surface area (Å²) in [6.07, 6.45) is 0.0308. The van der Waals surface area contributed by atoms with Crippen molar-refractivity contribution in [2.75, 3.05) is 12.4 Å². The van der Waals surface area contributed by atoms with Crippen LogP contribution in [0.3, 0.4) is 0 Å². The van der Waals surface area contributed by atoms with E-state index in [1.165, 1.54) is 7.11 Å².